The number of anilines is 1. The quantitative estimate of drug-likeness (QED) is 0.474. The summed E-state index contributed by atoms with van der Waals surface area (Å²) in [6.45, 7) is 2.42. The molecule has 0 saturated heterocycles. The number of benzene rings is 1. The van der Waals surface area contributed by atoms with Gasteiger partial charge in [0.2, 0.25) is 0 Å². The molecule has 2 rings (SSSR count). The Kier molecular flexibility index (Phi) is 6.51. The third-order valence-electron chi connectivity index (χ3n) is 3.06. The van der Waals surface area contributed by atoms with Gasteiger partial charge in [0.25, 0.3) is 5.91 Å². The van der Waals surface area contributed by atoms with Crippen LogP contribution in [0.15, 0.2) is 47.1 Å². The molecule has 1 amide bonds. The minimum absolute atomic E-state index is 0.105. The largest absolute Gasteiger partial charge is 0.462 e. The number of furan rings is 1. The van der Waals surface area contributed by atoms with Gasteiger partial charge in [0.1, 0.15) is 0 Å². The van der Waals surface area contributed by atoms with E-state index in [0.717, 1.165) is 12.8 Å². The molecule has 6 nitrogen and oxygen atoms in total. The molecule has 24 heavy (non-hydrogen) atoms. The number of carbonyl (C=O) groups excluding carboxylic acids is 2. The second-order valence-electron chi connectivity index (χ2n) is 4.96. The van der Waals surface area contributed by atoms with E-state index in [-0.39, 0.29) is 10.9 Å². The smallest absolute Gasteiger partial charge is 0.338 e. The van der Waals surface area contributed by atoms with E-state index in [0.29, 0.717) is 17.9 Å². The minimum Gasteiger partial charge on any atom is -0.462 e. The number of hydrogen-bond acceptors (Lipinski definition) is 5. The van der Waals surface area contributed by atoms with Gasteiger partial charge in [-0.15, -0.1) is 0 Å². The zero-order chi connectivity index (χ0) is 17.4. The third kappa shape index (κ3) is 5.20. The molecule has 126 valence electrons. The fourth-order valence-corrected chi connectivity index (χ4v) is 2.06. The summed E-state index contributed by atoms with van der Waals surface area (Å²) in [7, 11) is 0. The summed E-state index contributed by atoms with van der Waals surface area (Å²) in [6, 6.07) is 9.84. The molecule has 0 bridgehead atoms. The Balaban J connectivity index is 1.92. The zero-order valence-electron chi connectivity index (χ0n) is 13.2. The summed E-state index contributed by atoms with van der Waals surface area (Å²) >= 11 is 5.08. The summed E-state index contributed by atoms with van der Waals surface area (Å²) in [6.07, 6.45) is 3.18. The highest BCUT2D eigenvalue weighted by molar-refractivity contribution is 7.80. The molecule has 0 atom stereocenters. The van der Waals surface area contributed by atoms with Gasteiger partial charge in [0.05, 0.1) is 18.4 Å². The van der Waals surface area contributed by atoms with Crippen molar-refractivity contribution in [2.75, 3.05) is 11.9 Å². The third-order valence-corrected chi connectivity index (χ3v) is 3.26. The van der Waals surface area contributed by atoms with Gasteiger partial charge in [-0.25, -0.2) is 4.79 Å². The molecule has 0 aliphatic heterocycles. The lowest BCUT2D eigenvalue weighted by atomic mass is 10.2. The van der Waals surface area contributed by atoms with Gasteiger partial charge >= 0.3 is 5.97 Å². The number of unbranched alkanes of at least 4 members (excludes halogenated alkanes) is 1. The molecule has 2 aromatic rings. The molecule has 0 radical (unpaired) electrons. The van der Waals surface area contributed by atoms with E-state index in [1.807, 2.05) is 6.92 Å². The molecule has 2 N–H and O–H groups in total. The van der Waals surface area contributed by atoms with Crippen molar-refractivity contribution < 1.29 is 18.7 Å². The first-order valence-corrected chi connectivity index (χ1v) is 7.94. The molecule has 0 unspecified atom stereocenters. The van der Waals surface area contributed by atoms with Gasteiger partial charge in [-0.3, -0.25) is 10.1 Å². The van der Waals surface area contributed by atoms with Gasteiger partial charge in [-0.05, 0) is 49.0 Å². The highest BCUT2D eigenvalue weighted by Gasteiger charge is 2.11. The van der Waals surface area contributed by atoms with Crippen molar-refractivity contribution in [3.05, 3.63) is 54.0 Å². The van der Waals surface area contributed by atoms with Crippen LogP contribution >= 0.6 is 12.2 Å². The maximum Gasteiger partial charge on any atom is 0.338 e. The molecule has 0 spiro atoms. The maximum absolute atomic E-state index is 11.9. The SMILES string of the molecule is CCCCOC(=O)c1cccc(NC(=S)NC(=O)c2ccco2)c1. The summed E-state index contributed by atoms with van der Waals surface area (Å²) in [5, 5.41) is 5.44. The average molecular weight is 346 g/mol. The number of nitrogens with one attached hydrogen (secondary N) is 2. The van der Waals surface area contributed by atoms with E-state index in [1.54, 1.807) is 30.3 Å². The Morgan fingerprint density at radius 3 is 2.79 bits per heavy atom. The fraction of sp³-hybridized carbons (Fsp3) is 0.235. The molecular formula is C17H18N2O4S. The fourth-order valence-electron chi connectivity index (χ4n) is 1.85. The number of rotatable bonds is 6. The lowest BCUT2D eigenvalue weighted by Crippen LogP contribution is -2.33. The maximum atomic E-state index is 11.9. The van der Waals surface area contributed by atoms with Gasteiger partial charge in [-0.1, -0.05) is 19.4 Å². The first-order valence-electron chi connectivity index (χ1n) is 7.53. The van der Waals surface area contributed by atoms with Crippen molar-refractivity contribution >= 4 is 34.9 Å². The topological polar surface area (TPSA) is 80.6 Å². The highest BCUT2D eigenvalue weighted by Crippen LogP contribution is 2.12. The van der Waals surface area contributed by atoms with Crippen LogP contribution in [0.25, 0.3) is 0 Å². The molecule has 0 saturated carbocycles. The summed E-state index contributed by atoms with van der Waals surface area (Å²) in [5.41, 5.74) is 0.987. The van der Waals surface area contributed by atoms with Crippen molar-refractivity contribution in [1.29, 1.82) is 0 Å². The standard InChI is InChI=1S/C17H18N2O4S/c1-2-3-9-23-16(21)12-6-4-7-13(11-12)18-17(24)19-15(20)14-8-5-10-22-14/h4-8,10-11H,2-3,9H2,1H3,(H2,18,19,20,24). The second-order valence-corrected chi connectivity index (χ2v) is 5.36. The van der Waals surface area contributed by atoms with Gasteiger partial charge < -0.3 is 14.5 Å². The number of ether oxygens (including phenoxy) is 1. The van der Waals surface area contributed by atoms with Gasteiger partial charge in [-0.2, -0.15) is 0 Å². The van der Waals surface area contributed by atoms with E-state index < -0.39 is 11.9 Å². The summed E-state index contributed by atoms with van der Waals surface area (Å²) < 4.78 is 10.1. The molecule has 1 aromatic carbocycles. The van der Waals surface area contributed by atoms with E-state index >= 15 is 0 Å². The van der Waals surface area contributed by atoms with Crippen molar-refractivity contribution in [2.24, 2.45) is 0 Å². The molecule has 7 heteroatoms. The van der Waals surface area contributed by atoms with Crippen LogP contribution in [-0.4, -0.2) is 23.6 Å². The van der Waals surface area contributed by atoms with E-state index in [4.69, 9.17) is 21.4 Å². The van der Waals surface area contributed by atoms with E-state index in [1.165, 1.54) is 12.3 Å². The minimum atomic E-state index is -0.451. The Labute approximate surface area is 145 Å². The lowest BCUT2D eigenvalue weighted by Gasteiger charge is -2.10. The van der Waals surface area contributed by atoms with Crippen LogP contribution in [0.1, 0.15) is 40.7 Å². The summed E-state index contributed by atoms with van der Waals surface area (Å²) in [4.78, 5) is 23.7. The van der Waals surface area contributed by atoms with Crippen LogP contribution in [-0.2, 0) is 4.74 Å². The Morgan fingerprint density at radius 2 is 2.08 bits per heavy atom. The van der Waals surface area contributed by atoms with Crippen molar-refractivity contribution in [3.8, 4) is 0 Å². The summed E-state index contributed by atoms with van der Waals surface area (Å²) in [5.74, 6) is -0.683. The molecule has 0 aliphatic rings. The molecule has 1 heterocycles. The molecule has 0 fully saturated rings. The van der Waals surface area contributed by atoms with E-state index in [9.17, 15) is 9.59 Å². The Morgan fingerprint density at radius 1 is 1.25 bits per heavy atom. The predicted molar refractivity (Wildman–Crippen MR) is 94.0 cm³/mol. The number of hydrogen-bond donors (Lipinski definition) is 2. The van der Waals surface area contributed by atoms with E-state index in [2.05, 4.69) is 10.6 Å². The van der Waals surface area contributed by atoms with Crippen molar-refractivity contribution in [3.63, 3.8) is 0 Å². The van der Waals surface area contributed by atoms with Gasteiger partial charge in [0.15, 0.2) is 10.9 Å². The number of amides is 1. The Hall–Kier alpha value is -2.67. The lowest BCUT2D eigenvalue weighted by molar-refractivity contribution is 0.0499. The number of esters is 1. The van der Waals surface area contributed by atoms with Crippen LogP contribution < -0.4 is 10.6 Å². The first-order chi connectivity index (χ1) is 11.6. The predicted octanol–water partition coefficient (Wildman–Crippen LogP) is 3.36. The van der Waals surface area contributed by atoms with Crippen LogP contribution in [0.5, 0.6) is 0 Å². The number of carbonyl (C=O) groups is 2. The molecule has 1 aromatic heterocycles. The van der Waals surface area contributed by atoms with Crippen LogP contribution in [0.4, 0.5) is 5.69 Å². The Bertz CT molecular complexity index is 713. The van der Waals surface area contributed by atoms with Crippen molar-refractivity contribution in [1.82, 2.24) is 5.32 Å². The number of thiocarbonyl (C=S) groups is 1. The second kappa shape index (κ2) is 8.83. The zero-order valence-corrected chi connectivity index (χ0v) is 14.0. The van der Waals surface area contributed by atoms with Crippen LogP contribution in [0.3, 0.4) is 0 Å². The molecular weight excluding hydrogens is 328 g/mol. The van der Waals surface area contributed by atoms with Gasteiger partial charge in [0, 0.05) is 5.69 Å². The highest BCUT2D eigenvalue weighted by atomic mass is 32.1. The van der Waals surface area contributed by atoms with Crippen LogP contribution in [0, 0.1) is 0 Å². The normalized spacial score (nSPS) is 10.0. The average Bonchev–Trinajstić information content (AvgIpc) is 3.09. The van der Waals surface area contributed by atoms with Crippen LogP contribution in [0.2, 0.25) is 0 Å². The first kappa shape index (κ1) is 17.7. The molecule has 0 aliphatic carbocycles. The van der Waals surface area contributed by atoms with Crippen molar-refractivity contribution in [2.45, 2.75) is 19.8 Å². The monoisotopic (exact) mass is 346 g/mol.